The van der Waals surface area contributed by atoms with Crippen LogP contribution in [0.25, 0.3) is 0 Å². The van der Waals surface area contributed by atoms with Gasteiger partial charge in [-0.15, -0.1) is 0 Å². The van der Waals surface area contributed by atoms with Gasteiger partial charge in [-0.25, -0.2) is 0 Å². The number of nitrogens with zero attached hydrogens (tertiary/aromatic N) is 1. The summed E-state index contributed by atoms with van der Waals surface area (Å²) >= 11 is 0. The minimum Gasteiger partial charge on any atom is -0.492 e. The van der Waals surface area contributed by atoms with Gasteiger partial charge < -0.3 is 15.0 Å². The van der Waals surface area contributed by atoms with Crippen molar-refractivity contribution in [3.05, 3.63) is 24.3 Å². The Morgan fingerprint density at radius 2 is 2.11 bits per heavy atom. The van der Waals surface area contributed by atoms with Gasteiger partial charge in [-0.3, -0.25) is 0 Å². The summed E-state index contributed by atoms with van der Waals surface area (Å²) in [5.74, 6) is 1.00. The third-order valence-corrected chi connectivity index (χ3v) is 3.76. The number of nitrogens with one attached hydrogen (secondary N) is 1. The molecule has 1 heterocycles. The smallest absolute Gasteiger partial charge is 0.142 e. The lowest BCUT2D eigenvalue weighted by Gasteiger charge is -2.42. The molecule has 18 heavy (non-hydrogen) atoms. The number of para-hydroxylation sites is 2. The molecule has 1 N–H and O–H groups in total. The molecule has 1 atom stereocenters. The molecule has 1 saturated heterocycles. The molecule has 3 heteroatoms. The average Bonchev–Trinajstić information content (AvgIpc) is 2.40. The summed E-state index contributed by atoms with van der Waals surface area (Å²) in [6.07, 6.45) is 1.14. The first-order valence-corrected chi connectivity index (χ1v) is 6.90. The Hall–Kier alpha value is -1.22. The Kier molecular flexibility index (Phi) is 4.12. The Morgan fingerprint density at radius 3 is 2.83 bits per heavy atom. The van der Waals surface area contributed by atoms with Crippen molar-refractivity contribution in [2.75, 3.05) is 31.1 Å². The molecular weight excluding hydrogens is 224 g/mol. The van der Waals surface area contributed by atoms with E-state index < -0.39 is 0 Å². The van der Waals surface area contributed by atoms with E-state index in [-0.39, 0.29) is 5.54 Å². The molecule has 0 aromatic heterocycles. The summed E-state index contributed by atoms with van der Waals surface area (Å²) in [4.78, 5) is 2.44. The van der Waals surface area contributed by atoms with Gasteiger partial charge in [-0.05, 0) is 32.4 Å². The highest BCUT2D eigenvalue weighted by Crippen LogP contribution is 2.30. The number of rotatable bonds is 4. The highest BCUT2D eigenvalue weighted by Gasteiger charge is 2.29. The number of benzene rings is 1. The van der Waals surface area contributed by atoms with Gasteiger partial charge in [0.1, 0.15) is 5.75 Å². The second-order valence-electron chi connectivity index (χ2n) is 5.16. The largest absolute Gasteiger partial charge is 0.492 e. The predicted octanol–water partition coefficient (Wildman–Crippen LogP) is 2.66. The van der Waals surface area contributed by atoms with Crippen LogP contribution in [0.15, 0.2) is 24.3 Å². The van der Waals surface area contributed by atoms with Crippen molar-refractivity contribution in [1.82, 2.24) is 5.32 Å². The Balaban J connectivity index is 2.20. The molecule has 0 radical (unpaired) electrons. The van der Waals surface area contributed by atoms with E-state index in [1.165, 1.54) is 5.69 Å². The van der Waals surface area contributed by atoms with Crippen molar-refractivity contribution in [2.24, 2.45) is 0 Å². The number of ether oxygens (including phenoxy) is 1. The van der Waals surface area contributed by atoms with Gasteiger partial charge >= 0.3 is 0 Å². The molecule has 0 aliphatic carbocycles. The van der Waals surface area contributed by atoms with Gasteiger partial charge in [0.05, 0.1) is 12.3 Å². The predicted molar refractivity (Wildman–Crippen MR) is 76.5 cm³/mol. The van der Waals surface area contributed by atoms with Gasteiger partial charge in [0, 0.05) is 25.2 Å². The van der Waals surface area contributed by atoms with Gasteiger partial charge in [0.15, 0.2) is 0 Å². The van der Waals surface area contributed by atoms with Crippen LogP contribution >= 0.6 is 0 Å². The van der Waals surface area contributed by atoms with Crippen LogP contribution in [0, 0.1) is 0 Å². The maximum absolute atomic E-state index is 5.73. The molecule has 1 fully saturated rings. The fourth-order valence-electron chi connectivity index (χ4n) is 2.49. The van der Waals surface area contributed by atoms with Crippen molar-refractivity contribution in [2.45, 2.75) is 32.7 Å². The Bertz CT molecular complexity index is 394. The fraction of sp³-hybridized carbons (Fsp3) is 0.600. The highest BCUT2D eigenvalue weighted by atomic mass is 16.5. The SMILES string of the molecule is CCOc1ccccc1N1CCNC(C)(CC)C1. The van der Waals surface area contributed by atoms with Crippen molar-refractivity contribution in [1.29, 1.82) is 0 Å². The van der Waals surface area contributed by atoms with Gasteiger partial charge in [0.25, 0.3) is 0 Å². The third-order valence-electron chi connectivity index (χ3n) is 3.76. The van der Waals surface area contributed by atoms with Gasteiger partial charge in [-0.2, -0.15) is 0 Å². The Morgan fingerprint density at radius 1 is 1.33 bits per heavy atom. The molecule has 1 aromatic carbocycles. The van der Waals surface area contributed by atoms with E-state index in [2.05, 4.69) is 42.3 Å². The molecule has 0 bridgehead atoms. The summed E-state index contributed by atoms with van der Waals surface area (Å²) in [5, 5.41) is 3.61. The van der Waals surface area contributed by atoms with Crippen LogP contribution < -0.4 is 15.0 Å². The maximum Gasteiger partial charge on any atom is 0.142 e. The molecule has 1 aromatic rings. The van der Waals surface area contributed by atoms with E-state index in [1.54, 1.807) is 0 Å². The van der Waals surface area contributed by atoms with E-state index in [1.807, 2.05) is 13.0 Å². The summed E-state index contributed by atoms with van der Waals surface area (Å²) in [7, 11) is 0. The molecule has 0 amide bonds. The molecule has 1 aliphatic rings. The molecule has 2 rings (SSSR count). The van der Waals surface area contributed by atoms with Crippen molar-refractivity contribution < 1.29 is 4.74 Å². The van der Waals surface area contributed by atoms with Crippen LogP contribution in [-0.4, -0.2) is 31.8 Å². The first kappa shape index (κ1) is 13.2. The van der Waals surface area contributed by atoms with Crippen molar-refractivity contribution >= 4 is 5.69 Å². The lowest BCUT2D eigenvalue weighted by Crippen LogP contribution is -2.58. The van der Waals surface area contributed by atoms with Crippen LogP contribution in [0.5, 0.6) is 5.75 Å². The standard InChI is InChI=1S/C15H24N2O/c1-4-15(3)12-17(11-10-16-15)13-8-6-7-9-14(13)18-5-2/h6-9,16H,4-5,10-12H2,1-3H3. The van der Waals surface area contributed by atoms with Crippen molar-refractivity contribution in [3.8, 4) is 5.75 Å². The molecule has 0 saturated carbocycles. The number of hydrogen-bond donors (Lipinski definition) is 1. The zero-order valence-corrected chi connectivity index (χ0v) is 11.7. The summed E-state index contributed by atoms with van der Waals surface area (Å²) in [5.41, 5.74) is 1.43. The number of hydrogen-bond acceptors (Lipinski definition) is 3. The third kappa shape index (κ3) is 2.78. The first-order valence-electron chi connectivity index (χ1n) is 6.90. The topological polar surface area (TPSA) is 24.5 Å². The van der Waals surface area contributed by atoms with E-state index >= 15 is 0 Å². The Labute approximate surface area is 110 Å². The average molecular weight is 248 g/mol. The lowest BCUT2D eigenvalue weighted by molar-refractivity contribution is 0.307. The fourth-order valence-corrected chi connectivity index (χ4v) is 2.49. The van der Waals surface area contributed by atoms with E-state index in [4.69, 9.17) is 4.74 Å². The second-order valence-corrected chi connectivity index (χ2v) is 5.16. The quantitative estimate of drug-likeness (QED) is 0.886. The molecule has 3 nitrogen and oxygen atoms in total. The zero-order valence-electron chi connectivity index (χ0n) is 11.7. The second kappa shape index (κ2) is 5.61. The van der Waals surface area contributed by atoms with Gasteiger partial charge in [0.2, 0.25) is 0 Å². The van der Waals surface area contributed by atoms with Crippen LogP contribution in [-0.2, 0) is 0 Å². The first-order chi connectivity index (χ1) is 8.68. The number of piperazine rings is 1. The molecule has 1 unspecified atom stereocenters. The minimum absolute atomic E-state index is 0.206. The van der Waals surface area contributed by atoms with Crippen molar-refractivity contribution in [3.63, 3.8) is 0 Å². The maximum atomic E-state index is 5.73. The van der Waals surface area contributed by atoms with Crippen LogP contribution in [0.1, 0.15) is 27.2 Å². The van der Waals surface area contributed by atoms with Gasteiger partial charge in [-0.1, -0.05) is 19.1 Å². The van der Waals surface area contributed by atoms with E-state index in [9.17, 15) is 0 Å². The lowest BCUT2D eigenvalue weighted by atomic mass is 9.95. The monoisotopic (exact) mass is 248 g/mol. The number of anilines is 1. The van der Waals surface area contributed by atoms with E-state index in [0.29, 0.717) is 6.61 Å². The minimum atomic E-state index is 0.206. The molecule has 0 spiro atoms. The normalized spacial score (nSPS) is 24.1. The van der Waals surface area contributed by atoms with Crippen LogP contribution in [0.4, 0.5) is 5.69 Å². The molecular formula is C15H24N2O. The van der Waals surface area contributed by atoms with E-state index in [0.717, 1.165) is 31.8 Å². The zero-order chi connectivity index (χ0) is 13.0. The van der Waals surface area contributed by atoms with Crippen LogP contribution in [0.2, 0.25) is 0 Å². The molecule has 100 valence electrons. The summed E-state index contributed by atoms with van der Waals surface area (Å²) in [6, 6.07) is 8.34. The highest BCUT2D eigenvalue weighted by molar-refractivity contribution is 5.59. The summed E-state index contributed by atoms with van der Waals surface area (Å²) in [6.45, 7) is 10.4. The van der Waals surface area contributed by atoms with Crippen LogP contribution in [0.3, 0.4) is 0 Å². The summed E-state index contributed by atoms with van der Waals surface area (Å²) < 4.78 is 5.73. The molecule has 1 aliphatic heterocycles.